The third-order valence-corrected chi connectivity index (χ3v) is 4.07. The monoisotopic (exact) mass is 293 g/mol. The summed E-state index contributed by atoms with van der Waals surface area (Å²) in [5.41, 5.74) is 2.02. The molecular formula is C14H19N3O2S. The van der Waals surface area contributed by atoms with Crippen molar-refractivity contribution in [1.29, 1.82) is 0 Å². The van der Waals surface area contributed by atoms with Gasteiger partial charge in [-0.25, -0.2) is 18.4 Å². The highest BCUT2D eigenvalue weighted by atomic mass is 32.2. The summed E-state index contributed by atoms with van der Waals surface area (Å²) >= 11 is 0. The summed E-state index contributed by atoms with van der Waals surface area (Å²) in [6.07, 6.45) is 3.32. The number of nitrogens with zero attached hydrogens (tertiary/aromatic N) is 2. The van der Waals surface area contributed by atoms with E-state index in [-0.39, 0.29) is 11.8 Å². The molecule has 0 fully saturated rings. The first-order chi connectivity index (χ1) is 9.35. The van der Waals surface area contributed by atoms with Crippen LogP contribution in [0.15, 0.2) is 24.5 Å². The lowest BCUT2D eigenvalue weighted by Gasteiger charge is -2.15. The fourth-order valence-corrected chi connectivity index (χ4v) is 2.76. The highest BCUT2D eigenvalue weighted by Gasteiger charge is 2.10. The second-order valence-corrected chi connectivity index (χ2v) is 7.47. The first-order valence-electron chi connectivity index (χ1n) is 6.51. The maximum atomic E-state index is 11.2. The van der Waals surface area contributed by atoms with Crippen LogP contribution in [0.1, 0.15) is 18.9 Å². The van der Waals surface area contributed by atoms with Gasteiger partial charge in [0, 0.05) is 17.7 Å². The molecule has 108 valence electrons. The zero-order valence-electron chi connectivity index (χ0n) is 11.9. The molecule has 20 heavy (non-hydrogen) atoms. The van der Waals surface area contributed by atoms with Gasteiger partial charge in [0.05, 0.1) is 11.3 Å². The van der Waals surface area contributed by atoms with Crippen molar-refractivity contribution in [1.82, 2.24) is 9.97 Å². The van der Waals surface area contributed by atoms with E-state index >= 15 is 0 Å². The molecule has 5 nitrogen and oxygen atoms in total. The van der Waals surface area contributed by atoms with Gasteiger partial charge in [-0.05, 0) is 32.4 Å². The van der Waals surface area contributed by atoms with Crippen LogP contribution in [0.5, 0.6) is 0 Å². The Hall–Kier alpha value is -1.69. The van der Waals surface area contributed by atoms with Gasteiger partial charge in [-0.3, -0.25) is 0 Å². The Morgan fingerprint density at radius 1 is 1.30 bits per heavy atom. The average Bonchev–Trinajstić information content (AvgIpc) is 2.36. The van der Waals surface area contributed by atoms with Gasteiger partial charge in [0.25, 0.3) is 0 Å². The molecular weight excluding hydrogens is 274 g/mol. The molecule has 0 saturated carbocycles. The van der Waals surface area contributed by atoms with Crippen molar-refractivity contribution in [2.24, 2.45) is 0 Å². The molecule has 1 atom stereocenters. The fraction of sp³-hybridized carbons (Fsp3) is 0.429. The minimum atomic E-state index is -2.93. The quantitative estimate of drug-likeness (QED) is 0.914. The van der Waals surface area contributed by atoms with Crippen LogP contribution in [0.2, 0.25) is 0 Å². The van der Waals surface area contributed by atoms with E-state index < -0.39 is 9.84 Å². The predicted molar refractivity (Wildman–Crippen MR) is 81.7 cm³/mol. The summed E-state index contributed by atoms with van der Waals surface area (Å²) in [6.45, 7) is 3.97. The van der Waals surface area contributed by atoms with Gasteiger partial charge >= 0.3 is 0 Å². The maximum Gasteiger partial charge on any atom is 0.147 e. The summed E-state index contributed by atoms with van der Waals surface area (Å²) in [7, 11) is -2.93. The van der Waals surface area contributed by atoms with Gasteiger partial charge in [-0.2, -0.15) is 0 Å². The summed E-state index contributed by atoms with van der Waals surface area (Å²) in [5.74, 6) is 0.920. The molecule has 0 aliphatic carbocycles. The van der Waals surface area contributed by atoms with Crippen molar-refractivity contribution in [2.45, 2.75) is 26.3 Å². The lowest BCUT2D eigenvalue weighted by Crippen LogP contribution is -2.20. The molecule has 1 unspecified atom stereocenters. The molecule has 0 saturated heterocycles. The van der Waals surface area contributed by atoms with Gasteiger partial charge in [-0.1, -0.05) is 11.6 Å². The molecule has 1 heterocycles. The summed E-state index contributed by atoms with van der Waals surface area (Å²) in [5, 5.41) is 4.23. The summed E-state index contributed by atoms with van der Waals surface area (Å²) in [6, 6.07) is 6.02. The number of hydrogen-bond donors (Lipinski definition) is 1. The third kappa shape index (κ3) is 3.90. The minimum absolute atomic E-state index is 0.0309. The van der Waals surface area contributed by atoms with Crippen LogP contribution in [0, 0.1) is 6.92 Å². The molecule has 2 aromatic rings. The van der Waals surface area contributed by atoms with Crippen LogP contribution in [-0.4, -0.2) is 36.4 Å². The van der Waals surface area contributed by atoms with Crippen molar-refractivity contribution >= 4 is 26.6 Å². The van der Waals surface area contributed by atoms with E-state index in [4.69, 9.17) is 0 Å². The standard InChI is InChI=1S/C14H19N3O2S/c1-10-4-5-13-12(8-10)14(16-9-15-13)17-11(2)6-7-20(3,18)19/h4-5,8-9,11H,6-7H2,1-3H3,(H,15,16,17). The van der Waals surface area contributed by atoms with Crippen molar-refractivity contribution in [3.8, 4) is 0 Å². The second-order valence-electron chi connectivity index (χ2n) is 5.21. The van der Waals surface area contributed by atoms with Gasteiger partial charge in [0.15, 0.2) is 0 Å². The van der Waals surface area contributed by atoms with Crippen LogP contribution in [0.4, 0.5) is 5.82 Å². The smallest absolute Gasteiger partial charge is 0.147 e. The highest BCUT2D eigenvalue weighted by Crippen LogP contribution is 2.21. The zero-order valence-corrected chi connectivity index (χ0v) is 12.7. The molecule has 0 radical (unpaired) electrons. The Morgan fingerprint density at radius 3 is 2.75 bits per heavy atom. The number of aryl methyl sites for hydroxylation is 1. The first kappa shape index (κ1) is 14.7. The predicted octanol–water partition coefficient (Wildman–Crippen LogP) is 2.17. The van der Waals surface area contributed by atoms with Crippen molar-refractivity contribution < 1.29 is 8.42 Å². The molecule has 6 heteroatoms. The number of rotatable bonds is 5. The average molecular weight is 293 g/mol. The van der Waals surface area contributed by atoms with Gasteiger partial charge in [0.1, 0.15) is 22.0 Å². The number of aromatic nitrogens is 2. The fourth-order valence-electron chi connectivity index (χ4n) is 1.98. The Balaban J connectivity index is 2.19. The molecule has 1 N–H and O–H groups in total. The number of anilines is 1. The SMILES string of the molecule is Cc1ccc2ncnc(NC(C)CCS(C)(=O)=O)c2c1. The van der Waals surface area contributed by atoms with Crippen LogP contribution in [0.3, 0.4) is 0 Å². The van der Waals surface area contributed by atoms with Crippen LogP contribution in [0.25, 0.3) is 10.9 Å². The van der Waals surface area contributed by atoms with E-state index in [9.17, 15) is 8.42 Å². The Bertz CT molecular complexity index is 713. The van der Waals surface area contributed by atoms with E-state index in [0.29, 0.717) is 6.42 Å². The van der Waals surface area contributed by atoms with Crippen molar-refractivity contribution in [3.05, 3.63) is 30.1 Å². The summed E-state index contributed by atoms with van der Waals surface area (Å²) < 4.78 is 22.4. The number of hydrogen-bond acceptors (Lipinski definition) is 5. The topological polar surface area (TPSA) is 72.0 Å². The minimum Gasteiger partial charge on any atom is -0.367 e. The van der Waals surface area contributed by atoms with E-state index in [1.165, 1.54) is 12.6 Å². The number of fused-ring (bicyclic) bond motifs is 1. The lowest BCUT2D eigenvalue weighted by molar-refractivity contribution is 0.595. The Kier molecular flexibility index (Phi) is 4.23. The third-order valence-electron chi connectivity index (χ3n) is 3.10. The molecule has 1 aromatic carbocycles. The van der Waals surface area contributed by atoms with Crippen LogP contribution >= 0.6 is 0 Å². The van der Waals surface area contributed by atoms with E-state index in [1.54, 1.807) is 0 Å². The molecule has 0 aliphatic heterocycles. The van der Waals surface area contributed by atoms with E-state index in [0.717, 1.165) is 22.3 Å². The van der Waals surface area contributed by atoms with Crippen LogP contribution in [-0.2, 0) is 9.84 Å². The second kappa shape index (κ2) is 5.75. The van der Waals surface area contributed by atoms with Crippen LogP contribution < -0.4 is 5.32 Å². The molecule has 0 spiro atoms. The first-order valence-corrected chi connectivity index (χ1v) is 8.57. The zero-order chi connectivity index (χ0) is 14.8. The van der Waals surface area contributed by atoms with E-state index in [1.807, 2.05) is 32.0 Å². The summed E-state index contributed by atoms with van der Waals surface area (Å²) in [4.78, 5) is 8.49. The maximum absolute atomic E-state index is 11.2. The molecule has 0 bridgehead atoms. The number of nitrogens with one attached hydrogen (secondary N) is 1. The lowest BCUT2D eigenvalue weighted by atomic mass is 10.1. The number of sulfone groups is 1. The van der Waals surface area contributed by atoms with Crippen molar-refractivity contribution in [3.63, 3.8) is 0 Å². The van der Waals surface area contributed by atoms with E-state index in [2.05, 4.69) is 15.3 Å². The highest BCUT2D eigenvalue weighted by molar-refractivity contribution is 7.90. The number of benzene rings is 1. The van der Waals surface area contributed by atoms with Gasteiger partial charge < -0.3 is 5.32 Å². The molecule has 1 aromatic heterocycles. The largest absolute Gasteiger partial charge is 0.367 e. The van der Waals surface area contributed by atoms with Gasteiger partial charge in [-0.15, -0.1) is 0 Å². The molecule has 0 aliphatic rings. The Labute approximate surface area is 119 Å². The molecule has 0 amide bonds. The normalized spacial score (nSPS) is 13.3. The Morgan fingerprint density at radius 2 is 2.05 bits per heavy atom. The van der Waals surface area contributed by atoms with Gasteiger partial charge in [0.2, 0.25) is 0 Å². The molecule has 2 rings (SSSR count). The van der Waals surface area contributed by atoms with Crippen molar-refractivity contribution in [2.75, 3.05) is 17.3 Å².